The van der Waals surface area contributed by atoms with Gasteiger partial charge in [-0.25, -0.2) is 4.98 Å². The molecule has 1 aromatic rings. The minimum absolute atomic E-state index is 0.650. The number of likely N-dealkylation sites (tertiary alicyclic amines) is 1. The van der Waals surface area contributed by atoms with E-state index in [0.29, 0.717) is 6.04 Å². The van der Waals surface area contributed by atoms with Gasteiger partial charge in [-0.15, -0.1) is 0 Å². The van der Waals surface area contributed by atoms with Gasteiger partial charge in [0.05, 0.1) is 5.02 Å². The van der Waals surface area contributed by atoms with E-state index in [0.717, 1.165) is 23.8 Å². The van der Waals surface area contributed by atoms with Crippen LogP contribution >= 0.6 is 11.6 Å². The van der Waals surface area contributed by atoms with Gasteiger partial charge in [0.25, 0.3) is 0 Å². The maximum absolute atomic E-state index is 6.15. The standard InChI is InChI=1S/C14H22ClN3/c1-12(18-9-3-4-10-18)7-11-17(2)14-13(15)6-5-8-16-14/h5-6,8,12H,3-4,7,9-11H2,1-2H3. The first-order valence-electron chi connectivity index (χ1n) is 6.74. The van der Waals surface area contributed by atoms with Crippen LogP contribution in [0.5, 0.6) is 0 Å². The van der Waals surface area contributed by atoms with Gasteiger partial charge in [-0.2, -0.15) is 0 Å². The molecule has 1 unspecified atom stereocenters. The summed E-state index contributed by atoms with van der Waals surface area (Å²) in [5.74, 6) is 0.882. The Morgan fingerprint density at radius 2 is 2.17 bits per heavy atom. The SMILES string of the molecule is CC(CCN(C)c1ncccc1Cl)N1CCCC1. The molecular formula is C14H22ClN3. The smallest absolute Gasteiger partial charge is 0.147 e. The molecule has 4 heteroatoms. The van der Waals surface area contributed by atoms with Gasteiger partial charge in [0.2, 0.25) is 0 Å². The minimum Gasteiger partial charge on any atom is -0.358 e. The van der Waals surface area contributed by atoms with Crippen molar-refractivity contribution in [2.24, 2.45) is 0 Å². The molecule has 18 heavy (non-hydrogen) atoms. The number of hydrogen-bond donors (Lipinski definition) is 0. The Kier molecular flexibility index (Phi) is 4.84. The molecule has 0 spiro atoms. The Hall–Kier alpha value is -0.800. The fourth-order valence-electron chi connectivity index (χ4n) is 2.51. The monoisotopic (exact) mass is 267 g/mol. The quantitative estimate of drug-likeness (QED) is 0.817. The van der Waals surface area contributed by atoms with E-state index in [-0.39, 0.29) is 0 Å². The van der Waals surface area contributed by atoms with E-state index in [4.69, 9.17) is 11.6 Å². The van der Waals surface area contributed by atoms with Crippen LogP contribution in [-0.2, 0) is 0 Å². The van der Waals surface area contributed by atoms with Gasteiger partial charge in [-0.05, 0) is 51.4 Å². The second-order valence-electron chi connectivity index (χ2n) is 5.11. The lowest BCUT2D eigenvalue weighted by atomic mass is 10.2. The van der Waals surface area contributed by atoms with Gasteiger partial charge in [-0.1, -0.05) is 11.6 Å². The zero-order valence-electron chi connectivity index (χ0n) is 11.3. The van der Waals surface area contributed by atoms with Crippen molar-refractivity contribution in [3.8, 4) is 0 Å². The van der Waals surface area contributed by atoms with E-state index < -0.39 is 0 Å². The van der Waals surface area contributed by atoms with Crippen LogP contribution in [0.2, 0.25) is 5.02 Å². The number of nitrogens with zero attached hydrogens (tertiary/aromatic N) is 3. The molecule has 2 heterocycles. The predicted molar refractivity (Wildman–Crippen MR) is 77.4 cm³/mol. The highest BCUT2D eigenvalue weighted by molar-refractivity contribution is 6.32. The second kappa shape index (κ2) is 6.39. The van der Waals surface area contributed by atoms with E-state index in [1.54, 1.807) is 6.20 Å². The van der Waals surface area contributed by atoms with Crippen molar-refractivity contribution in [3.63, 3.8) is 0 Å². The molecule has 3 nitrogen and oxygen atoms in total. The van der Waals surface area contributed by atoms with Crippen LogP contribution in [0.3, 0.4) is 0 Å². The maximum Gasteiger partial charge on any atom is 0.147 e. The zero-order valence-corrected chi connectivity index (χ0v) is 12.0. The Bertz CT molecular complexity index is 377. The van der Waals surface area contributed by atoms with Crippen LogP contribution in [0.15, 0.2) is 18.3 Å². The van der Waals surface area contributed by atoms with Gasteiger partial charge >= 0.3 is 0 Å². The third-order valence-corrected chi connectivity index (χ3v) is 4.04. The van der Waals surface area contributed by atoms with E-state index in [9.17, 15) is 0 Å². The number of aromatic nitrogens is 1. The van der Waals surface area contributed by atoms with Crippen LogP contribution in [0.4, 0.5) is 5.82 Å². The molecule has 1 atom stereocenters. The van der Waals surface area contributed by atoms with Crippen molar-refractivity contribution in [1.29, 1.82) is 0 Å². The van der Waals surface area contributed by atoms with Crippen LogP contribution in [-0.4, -0.2) is 42.6 Å². The van der Waals surface area contributed by atoms with E-state index in [2.05, 4.69) is 28.8 Å². The Morgan fingerprint density at radius 1 is 1.44 bits per heavy atom. The van der Waals surface area contributed by atoms with Gasteiger partial charge in [0, 0.05) is 25.8 Å². The topological polar surface area (TPSA) is 19.4 Å². The summed E-state index contributed by atoms with van der Waals surface area (Å²) >= 11 is 6.15. The van der Waals surface area contributed by atoms with Crippen LogP contribution in [0, 0.1) is 0 Å². The molecule has 1 aliphatic heterocycles. The molecule has 1 aliphatic rings. The number of rotatable bonds is 5. The van der Waals surface area contributed by atoms with Crippen molar-refractivity contribution in [1.82, 2.24) is 9.88 Å². The van der Waals surface area contributed by atoms with Crippen molar-refractivity contribution in [2.45, 2.75) is 32.2 Å². The molecule has 0 bridgehead atoms. The lowest BCUT2D eigenvalue weighted by molar-refractivity contribution is 0.249. The molecular weight excluding hydrogens is 246 g/mol. The number of halogens is 1. The van der Waals surface area contributed by atoms with Crippen LogP contribution in [0.1, 0.15) is 26.2 Å². The summed E-state index contributed by atoms with van der Waals surface area (Å²) in [4.78, 5) is 9.06. The molecule has 1 aromatic heterocycles. The van der Waals surface area contributed by atoms with Gasteiger partial charge < -0.3 is 9.80 Å². The summed E-state index contributed by atoms with van der Waals surface area (Å²) in [6.07, 6.45) is 5.66. The number of pyridine rings is 1. The first-order valence-corrected chi connectivity index (χ1v) is 7.12. The van der Waals surface area contributed by atoms with Crippen molar-refractivity contribution in [3.05, 3.63) is 23.4 Å². The molecule has 0 N–H and O–H groups in total. The fraction of sp³-hybridized carbons (Fsp3) is 0.643. The summed E-state index contributed by atoms with van der Waals surface area (Å²) in [5, 5.41) is 0.730. The third kappa shape index (κ3) is 3.36. The summed E-state index contributed by atoms with van der Waals surface area (Å²) in [6.45, 7) is 5.83. The normalized spacial score (nSPS) is 17.9. The average molecular weight is 268 g/mol. The molecule has 0 aliphatic carbocycles. The van der Waals surface area contributed by atoms with E-state index in [1.807, 2.05) is 12.1 Å². The molecule has 0 aromatic carbocycles. The number of hydrogen-bond acceptors (Lipinski definition) is 3. The summed E-state index contributed by atoms with van der Waals surface area (Å²) < 4.78 is 0. The number of anilines is 1. The summed E-state index contributed by atoms with van der Waals surface area (Å²) in [6, 6.07) is 4.41. The Balaban J connectivity index is 1.84. The summed E-state index contributed by atoms with van der Waals surface area (Å²) in [7, 11) is 2.06. The largest absolute Gasteiger partial charge is 0.358 e. The minimum atomic E-state index is 0.650. The van der Waals surface area contributed by atoms with E-state index >= 15 is 0 Å². The Morgan fingerprint density at radius 3 is 2.83 bits per heavy atom. The van der Waals surface area contributed by atoms with Crippen molar-refractivity contribution < 1.29 is 0 Å². The van der Waals surface area contributed by atoms with Crippen molar-refractivity contribution >= 4 is 17.4 Å². The molecule has 0 radical (unpaired) electrons. The third-order valence-electron chi connectivity index (χ3n) is 3.75. The Labute approximate surface area is 115 Å². The highest BCUT2D eigenvalue weighted by atomic mass is 35.5. The molecule has 1 saturated heterocycles. The van der Waals surface area contributed by atoms with Crippen LogP contribution in [0.25, 0.3) is 0 Å². The van der Waals surface area contributed by atoms with Gasteiger partial charge in [0.1, 0.15) is 5.82 Å². The van der Waals surface area contributed by atoms with E-state index in [1.165, 1.54) is 25.9 Å². The highest BCUT2D eigenvalue weighted by Crippen LogP contribution is 2.22. The van der Waals surface area contributed by atoms with Crippen LogP contribution < -0.4 is 4.90 Å². The predicted octanol–water partition coefficient (Wildman–Crippen LogP) is 3.05. The van der Waals surface area contributed by atoms with Gasteiger partial charge in [-0.3, -0.25) is 0 Å². The molecule has 1 fully saturated rings. The van der Waals surface area contributed by atoms with Gasteiger partial charge in [0.15, 0.2) is 0 Å². The molecule has 2 rings (SSSR count). The lowest BCUT2D eigenvalue weighted by Crippen LogP contribution is -2.33. The maximum atomic E-state index is 6.15. The fourth-order valence-corrected chi connectivity index (χ4v) is 2.78. The first kappa shape index (κ1) is 13.6. The molecule has 100 valence electrons. The first-order chi connectivity index (χ1) is 8.68. The molecule has 0 amide bonds. The average Bonchev–Trinajstić information content (AvgIpc) is 2.90. The lowest BCUT2D eigenvalue weighted by Gasteiger charge is -2.26. The van der Waals surface area contributed by atoms with Crippen molar-refractivity contribution in [2.75, 3.05) is 31.6 Å². The zero-order chi connectivity index (χ0) is 13.0. The second-order valence-corrected chi connectivity index (χ2v) is 5.52. The highest BCUT2D eigenvalue weighted by Gasteiger charge is 2.18. The molecule has 0 saturated carbocycles. The summed E-state index contributed by atoms with van der Waals surface area (Å²) in [5.41, 5.74) is 0.